The normalized spacial score (nSPS) is 14.2. The SMILES string of the molecule is O=C(Nc1cccc2ncccc12)C(=O)N1CCN(c2cccc(Cl)c2)CC1. The molecule has 4 rings (SSSR count). The van der Waals surface area contributed by atoms with Gasteiger partial charge in [-0.05, 0) is 42.5 Å². The summed E-state index contributed by atoms with van der Waals surface area (Å²) in [6.45, 7) is 2.26. The van der Waals surface area contributed by atoms with Gasteiger partial charge < -0.3 is 15.1 Å². The van der Waals surface area contributed by atoms with E-state index in [2.05, 4.69) is 15.2 Å². The van der Waals surface area contributed by atoms with E-state index in [-0.39, 0.29) is 0 Å². The topological polar surface area (TPSA) is 65.5 Å². The molecule has 1 aliphatic rings. The number of piperazine rings is 1. The second kappa shape index (κ2) is 7.86. The molecule has 2 aromatic carbocycles. The van der Waals surface area contributed by atoms with Crippen molar-refractivity contribution in [2.45, 2.75) is 0 Å². The molecule has 142 valence electrons. The highest BCUT2D eigenvalue weighted by Crippen LogP contribution is 2.22. The van der Waals surface area contributed by atoms with Gasteiger partial charge in [0.05, 0.1) is 11.2 Å². The summed E-state index contributed by atoms with van der Waals surface area (Å²) in [5.41, 5.74) is 2.37. The number of aromatic nitrogens is 1. The van der Waals surface area contributed by atoms with Crippen molar-refractivity contribution in [1.29, 1.82) is 0 Å². The van der Waals surface area contributed by atoms with Gasteiger partial charge in [0, 0.05) is 48.5 Å². The second-order valence-corrected chi connectivity index (χ2v) is 7.03. The number of nitrogens with one attached hydrogen (secondary N) is 1. The molecule has 0 radical (unpaired) electrons. The van der Waals surface area contributed by atoms with Gasteiger partial charge in [-0.2, -0.15) is 0 Å². The number of carbonyl (C=O) groups excluding carboxylic acids is 2. The van der Waals surface area contributed by atoms with Crippen LogP contribution >= 0.6 is 11.6 Å². The fourth-order valence-electron chi connectivity index (χ4n) is 3.37. The first-order chi connectivity index (χ1) is 13.6. The summed E-state index contributed by atoms with van der Waals surface area (Å²) in [4.78, 5) is 33.1. The number of hydrogen-bond donors (Lipinski definition) is 1. The van der Waals surface area contributed by atoms with E-state index in [1.165, 1.54) is 0 Å². The number of nitrogens with zero attached hydrogens (tertiary/aromatic N) is 3. The predicted octanol–water partition coefficient (Wildman–Crippen LogP) is 3.18. The number of carbonyl (C=O) groups is 2. The zero-order valence-electron chi connectivity index (χ0n) is 15.1. The Labute approximate surface area is 167 Å². The summed E-state index contributed by atoms with van der Waals surface area (Å²) in [6.07, 6.45) is 1.69. The van der Waals surface area contributed by atoms with Crippen LogP contribution < -0.4 is 10.2 Å². The molecular formula is C21H19ClN4O2. The van der Waals surface area contributed by atoms with Gasteiger partial charge in [0.1, 0.15) is 0 Å². The Morgan fingerprint density at radius 1 is 0.964 bits per heavy atom. The lowest BCUT2D eigenvalue weighted by Gasteiger charge is -2.35. The molecule has 0 spiro atoms. The van der Waals surface area contributed by atoms with Gasteiger partial charge in [0.2, 0.25) is 0 Å². The van der Waals surface area contributed by atoms with Crippen LogP contribution in [-0.2, 0) is 9.59 Å². The van der Waals surface area contributed by atoms with Crippen molar-refractivity contribution < 1.29 is 9.59 Å². The van der Waals surface area contributed by atoms with Crippen molar-refractivity contribution >= 4 is 45.7 Å². The predicted molar refractivity (Wildman–Crippen MR) is 111 cm³/mol. The first-order valence-electron chi connectivity index (χ1n) is 9.06. The van der Waals surface area contributed by atoms with Crippen LogP contribution in [0.5, 0.6) is 0 Å². The molecule has 1 N–H and O–H groups in total. The number of halogens is 1. The van der Waals surface area contributed by atoms with E-state index in [1.807, 2.05) is 36.4 Å². The zero-order chi connectivity index (χ0) is 19.5. The molecule has 28 heavy (non-hydrogen) atoms. The van der Waals surface area contributed by atoms with Gasteiger partial charge in [0.15, 0.2) is 0 Å². The molecule has 3 aromatic rings. The van der Waals surface area contributed by atoms with Crippen LogP contribution in [0, 0.1) is 0 Å². The first kappa shape index (κ1) is 18.3. The highest BCUT2D eigenvalue weighted by atomic mass is 35.5. The third-order valence-electron chi connectivity index (χ3n) is 4.83. The molecule has 0 aliphatic carbocycles. The van der Waals surface area contributed by atoms with E-state index in [9.17, 15) is 9.59 Å². The number of rotatable bonds is 2. The van der Waals surface area contributed by atoms with Crippen LogP contribution in [0.1, 0.15) is 0 Å². The van der Waals surface area contributed by atoms with Gasteiger partial charge in [-0.15, -0.1) is 0 Å². The highest BCUT2D eigenvalue weighted by molar-refractivity contribution is 6.40. The van der Waals surface area contributed by atoms with Gasteiger partial charge in [-0.3, -0.25) is 14.6 Å². The molecule has 6 nitrogen and oxygen atoms in total. The number of anilines is 2. The van der Waals surface area contributed by atoms with Crippen molar-refractivity contribution in [3.8, 4) is 0 Å². The van der Waals surface area contributed by atoms with E-state index in [0.29, 0.717) is 36.9 Å². The molecule has 1 fully saturated rings. The van der Waals surface area contributed by atoms with Gasteiger partial charge >= 0.3 is 11.8 Å². The Balaban J connectivity index is 1.40. The number of benzene rings is 2. The lowest BCUT2D eigenvalue weighted by molar-refractivity contribution is -0.143. The maximum atomic E-state index is 12.6. The lowest BCUT2D eigenvalue weighted by atomic mass is 10.2. The van der Waals surface area contributed by atoms with E-state index in [4.69, 9.17) is 11.6 Å². The summed E-state index contributed by atoms with van der Waals surface area (Å²) in [6, 6.07) is 16.7. The molecule has 1 saturated heterocycles. The smallest absolute Gasteiger partial charge is 0.313 e. The van der Waals surface area contributed by atoms with Crippen LogP contribution in [-0.4, -0.2) is 47.9 Å². The van der Waals surface area contributed by atoms with Gasteiger partial charge in [-0.25, -0.2) is 0 Å². The summed E-state index contributed by atoms with van der Waals surface area (Å²) in [5, 5.41) is 4.21. The maximum absolute atomic E-state index is 12.6. The van der Waals surface area contributed by atoms with Gasteiger partial charge in [-0.1, -0.05) is 23.7 Å². The van der Waals surface area contributed by atoms with E-state index < -0.39 is 11.8 Å². The van der Waals surface area contributed by atoms with Crippen LogP contribution in [0.15, 0.2) is 60.8 Å². The van der Waals surface area contributed by atoms with Crippen LogP contribution in [0.4, 0.5) is 11.4 Å². The van der Waals surface area contributed by atoms with E-state index in [1.54, 1.807) is 29.3 Å². The monoisotopic (exact) mass is 394 g/mol. The Morgan fingerprint density at radius 2 is 1.75 bits per heavy atom. The highest BCUT2D eigenvalue weighted by Gasteiger charge is 2.26. The Kier molecular flexibility index (Phi) is 5.12. The zero-order valence-corrected chi connectivity index (χ0v) is 15.9. The third kappa shape index (κ3) is 3.77. The van der Waals surface area contributed by atoms with Crippen molar-refractivity contribution in [3.05, 3.63) is 65.8 Å². The molecule has 1 aromatic heterocycles. The second-order valence-electron chi connectivity index (χ2n) is 6.59. The maximum Gasteiger partial charge on any atom is 0.313 e. The molecular weight excluding hydrogens is 376 g/mol. The fourth-order valence-corrected chi connectivity index (χ4v) is 3.56. The molecule has 2 heterocycles. The summed E-state index contributed by atoms with van der Waals surface area (Å²) in [7, 11) is 0. The number of fused-ring (bicyclic) bond motifs is 1. The molecule has 7 heteroatoms. The summed E-state index contributed by atoms with van der Waals surface area (Å²) in [5.74, 6) is -1.15. The van der Waals surface area contributed by atoms with Crippen molar-refractivity contribution in [2.24, 2.45) is 0 Å². The van der Waals surface area contributed by atoms with Crippen LogP contribution in [0.2, 0.25) is 5.02 Å². The van der Waals surface area contributed by atoms with Crippen molar-refractivity contribution in [1.82, 2.24) is 9.88 Å². The Morgan fingerprint density at radius 3 is 2.54 bits per heavy atom. The molecule has 0 unspecified atom stereocenters. The fraction of sp³-hybridized carbons (Fsp3) is 0.190. The Bertz CT molecular complexity index is 1030. The first-order valence-corrected chi connectivity index (χ1v) is 9.44. The quantitative estimate of drug-likeness (QED) is 0.678. The number of hydrogen-bond acceptors (Lipinski definition) is 4. The summed E-state index contributed by atoms with van der Waals surface area (Å²) < 4.78 is 0. The molecule has 0 atom stereocenters. The lowest BCUT2D eigenvalue weighted by Crippen LogP contribution is -2.51. The molecule has 0 saturated carbocycles. The van der Waals surface area contributed by atoms with Crippen molar-refractivity contribution in [3.63, 3.8) is 0 Å². The third-order valence-corrected chi connectivity index (χ3v) is 5.06. The average molecular weight is 395 g/mol. The summed E-state index contributed by atoms with van der Waals surface area (Å²) >= 11 is 6.05. The molecule has 2 amide bonds. The van der Waals surface area contributed by atoms with Gasteiger partial charge in [0.25, 0.3) is 0 Å². The minimum absolute atomic E-state index is 0.482. The van der Waals surface area contributed by atoms with Crippen LogP contribution in [0.3, 0.4) is 0 Å². The minimum atomic E-state index is -0.632. The number of pyridine rings is 1. The largest absolute Gasteiger partial charge is 0.368 e. The molecule has 0 bridgehead atoms. The van der Waals surface area contributed by atoms with E-state index in [0.717, 1.165) is 16.6 Å². The number of amides is 2. The minimum Gasteiger partial charge on any atom is -0.368 e. The molecule has 1 aliphatic heterocycles. The average Bonchev–Trinajstić information content (AvgIpc) is 2.73. The Hall–Kier alpha value is -3.12. The van der Waals surface area contributed by atoms with Crippen LogP contribution in [0.25, 0.3) is 10.9 Å². The van der Waals surface area contributed by atoms with E-state index >= 15 is 0 Å². The standard InChI is InChI=1S/C21H19ClN4O2/c22-15-4-1-5-16(14-15)25-10-12-26(13-11-25)21(28)20(27)24-19-8-2-7-18-17(19)6-3-9-23-18/h1-9,14H,10-13H2,(H,24,27). The van der Waals surface area contributed by atoms with Crippen molar-refractivity contribution in [2.75, 3.05) is 36.4 Å².